The molecule has 0 aromatic carbocycles. The molecule has 1 rings (SSSR count). The Bertz CT molecular complexity index is 200. The van der Waals surface area contributed by atoms with Gasteiger partial charge in [0.2, 0.25) is 0 Å². The van der Waals surface area contributed by atoms with E-state index in [0.29, 0.717) is 19.1 Å². The zero-order valence-corrected chi connectivity index (χ0v) is 11.1. The molecule has 1 aliphatic heterocycles. The summed E-state index contributed by atoms with van der Waals surface area (Å²) in [5, 5.41) is 0. The summed E-state index contributed by atoms with van der Waals surface area (Å²) in [6.45, 7) is 3.60. The van der Waals surface area contributed by atoms with Gasteiger partial charge in [-0.2, -0.15) is 0 Å². The lowest BCUT2D eigenvalue weighted by Gasteiger charge is -2.03. The number of carbonyl (C=O) groups is 1. The van der Waals surface area contributed by atoms with E-state index in [4.69, 9.17) is 9.47 Å². The van der Waals surface area contributed by atoms with E-state index in [0.717, 1.165) is 25.9 Å². The molecule has 1 atom stereocenters. The van der Waals surface area contributed by atoms with E-state index >= 15 is 0 Å². The van der Waals surface area contributed by atoms with Crippen molar-refractivity contribution in [2.45, 2.75) is 70.8 Å². The molecule has 1 heterocycles. The Labute approximate surface area is 105 Å². The third-order valence-electron chi connectivity index (χ3n) is 3.09. The van der Waals surface area contributed by atoms with Gasteiger partial charge < -0.3 is 9.47 Å². The van der Waals surface area contributed by atoms with E-state index in [1.54, 1.807) is 0 Å². The summed E-state index contributed by atoms with van der Waals surface area (Å²) in [5.74, 6) is -0.0424. The third-order valence-corrected chi connectivity index (χ3v) is 3.09. The van der Waals surface area contributed by atoms with Crippen LogP contribution >= 0.6 is 0 Å². The monoisotopic (exact) mass is 242 g/mol. The molecule has 1 saturated heterocycles. The zero-order chi connectivity index (χ0) is 12.3. The number of rotatable bonds is 11. The van der Waals surface area contributed by atoms with Gasteiger partial charge in [-0.25, -0.2) is 0 Å². The Hall–Kier alpha value is -0.570. The van der Waals surface area contributed by atoms with Crippen LogP contribution in [0.25, 0.3) is 0 Å². The molecular weight excluding hydrogens is 216 g/mol. The summed E-state index contributed by atoms with van der Waals surface area (Å²) < 4.78 is 10.2. The molecule has 0 spiro atoms. The zero-order valence-electron chi connectivity index (χ0n) is 11.1. The predicted molar refractivity (Wildman–Crippen MR) is 67.9 cm³/mol. The van der Waals surface area contributed by atoms with Crippen molar-refractivity contribution in [1.29, 1.82) is 0 Å². The Kier molecular flexibility index (Phi) is 8.06. The summed E-state index contributed by atoms with van der Waals surface area (Å²) in [4.78, 5) is 11.3. The van der Waals surface area contributed by atoms with Crippen molar-refractivity contribution < 1.29 is 14.3 Å². The minimum Gasteiger partial charge on any atom is -0.466 e. The van der Waals surface area contributed by atoms with Crippen LogP contribution in [0.5, 0.6) is 0 Å². The van der Waals surface area contributed by atoms with Crippen LogP contribution in [0.2, 0.25) is 0 Å². The average molecular weight is 242 g/mol. The molecule has 0 aromatic heterocycles. The first kappa shape index (κ1) is 14.5. The number of hydrogen-bond acceptors (Lipinski definition) is 3. The number of carbonyl (C=O) groups excluding carboxylic acids is 1. The van der Waals surface area contributed by atoms with Gasteiger partial charge in [0.15, 0.2) is 0 Å². The third kappa shape index (κ3) is 9.16. The first-order valence-electron chi connectivity index (χ1n) is 7.10. The quantitative estimate of drug-likeness (QED) is 0.316. The smallest absolute Gasteiger partial charge is 0.305 e. The van der Waals surface area contributed by atoms with Gasteiger partial charge >= 0.3 is 5.97 Å². The van der Waals surface area contributed by atoms with Crippen molar-refractivity contribution in [3.63, 3.8) is 0 Å². The molecule has 1 unspecified atom stereocenters. The number of epoxide rings is 1. The highest BCUT2D eigenvalue weighted by Crippen LogP contribution is 2.13. The maximum atomic E-state index is 11.3. The molecule has 3 heteroatoms. The van der Waals surface area contributed by atoms with Crippen LogP contribution < -0.4 is 0 Å². The molecule has 0 N–H and O–H groups in total. The van der Waals surface area contributed by atoms with Crippen molar-refractivity contribution in [3.05, 3.63) is 0 Å². The molecule has 0 amide bonds. The molecular formula is C14H26O3. The lowest BCUT2D eigenvalue weighted by atomic mass is 10.1. The Morgan fingerprint density at radius 2 is 1.82 bits per heavy atom. The highest BCUT2D eigenvalue weighted by molar-refractivity contribution is 5.69. The van der Waals surface area contributed by atoms with Crippen molar-refractivity contribution in [2.75, 3.05) is 13.2 Å². The van der Waals surface area contributed by atoms with Crippen LogP contribution in [0.3, 0.4) is 0 Å². The summed E-state index contributed by atoms with van der Waals surface area (Å²) in [6.07, 6.45) is 10.5. The van der Waals surface area contributed by atoms with E-state index in [2.05, 4.69) is 6.92 Å². The summed E-state index contributed by atoms with van der Waals surface area (Å²) >= 11 is 0. The minimum atomic E-state index is -0.0424. The Morgan fingerprint density at radius 3 is 2.47 bits per heavy atom. The molecule has 0 aromatic rings. The average Bonchev–Trinajstić information content (AvgIpc) is 3.12. The summed E-state index contributed by atoms with van der Waals surface area (Å²) in [6, 6.07) is 0. The van der Waals surface area contributed by atoms with Gasteiger partial charge in [0.25, 0.3) is 0 Å². The minimum absolute atomic E-state index is 0.0424. The molecule has 0 bridgehead atoms. The van der Waals surface area contributed by atoms with E-state index in [-0.39, 0.29) is 5.97 Å². The standard InChI is InChI=1S/C14H26O3/c1-2-3-4-5-6-7-8-9-14(15)16-11-10-13-12-17-13/h13H,2-12H2,1H3. The topological polar surface area (TPSA) is 38.8 Å². The Balaban J connectivity index is 1.76. The van der Waals surface area contributed by atoms with Gasteiger partial charge in [0, 0.05) is 12.8 Å². The van der Waals surface area contributed by atoms with Gasteiger partial charge in [-0.15, -0.1) is 0 Å². The van der Waals surface area contributed by atoms with Gasteiger partial charge in [-0.1, -0.05) is 45.4 Å². The maximum absolute atomic E-state index is 11.3. The van der Waals surface area contributed by atoms with Gasteiger partial charge in [-0.3, -0.25) is 4.79 Å². The number of unbranched alkanes of at least 4 members (excludes halogenated alkanes) is 6. The van der Waals surface area contributed by atoms with Crippen molar-refractivity contribution in [3.8, 4) is 0 Å². The first-order chi connectivity index (χ1) is 8.33. The molecule has 1 fully saturated rings. The number of hydrogen-bond donors (Lipinski definition) is 0. The molecule has 0 radical (unpaired) electrons. The lowest BCUT2D eigenvalue weighted by molar-refractivity contribution is -0.143. The second-order valence-electron chi connectivity index (χ2n) is 4.84. The van der Waals surface area contributed by atoms with Crippen molar-refractivity contribution in [1.82, 2.24) is 0 Å². The molecule has 100 valence electrons. The number of ether oxygens (including phenoxy) is 2. The SMILES string of the molecule is CCCCCCCCCC(=O)OCCC1CO1. The Morgan fingerprint density at radius 1 is 1.18 bits per heavy atom. The van der Waals surface area contributed by atoms with Crippen molar-refractivity contribution in [2.24, 2.45) is 0 Å². The summed E-state index contributed by atoms with van der Waals surface area (Å²) in [7, 11) is 0. The fraction of sp³-hybridized carbons (Fsp3) is 0.929. The normalized spacial score (nSPS) is 18.1. The van der Waals surface area contributed by atoms with Crippen LogP contribution in [0.1, 0.15) is 64.7 Å². The summed E-state index contributed by atoms with van der Waals surface area (Å²) in [5.41, 5.74) is 0. The van der Waals surface area contributed by atoms with Crippen LogP contribution in [0.4, 0.5) is 0 Å². The van der Waals surface area contributed by atoms with Crippen LogP contribution in [0.15, 0.2) is 0 Å². The molecule has 0 aliphatic carbocycles. The lowest BCUT2D eigenvalue weighted by Crippen LogP contribution is -2.07. The largest absolute Gasteiger partial charge is 0.466 e. The van der Waals surface area contributed by atoms with Crippen LogP contribution in [-0.4, -0.2) is 25.3 Å². The molecule has 3 nitrogen and oxygen atoms in total. The second-order valence-corrected chi connectivity index (χ2v) is 4.84. The van der Waals surface area contributed by atoms with E-state index in [1.165, 1.54) is 32.1 Å². The highest BCUT2D eigenvalue weighted by Gasteiger charge is 2.22. The van der Waals surface area contributed by atoms with Crippen molar-refractivity contribution >= 4 is 5.97 Å². The highest BCUT2D eigenvalue weighted by atomic mass is 16.6. The molecule has 17 heavy (non-hydrogen) atoms. The van der Waals surface area contributed by atoms with E-state index in [1.807, 2.05) is 0 Å². The fourth-order valence-corrected chi connectivity index (χ4v) is 1.84. The van der Waals surface area contributed by atoms with Crippen LogP contribution in [0, 0.1) is 0 Å². The predicted octanol–water partition coefficient (Wildman–Crippen LogP) is 3.46. The molecule has 1 aliphatic rings. The van der Waals surface area contributed by atoms with Gasteiger partial charge in [0.05, 0.1) is 19.3 Å². The molecule has 0 saturated carbocycles. The first-order valence-corrected chi connectivity index (χ1v) is 7.10. The second kappa shape index (κ2) is 9.46. The maximum Gasteiger partial charge on any atom is 0.305 e. The number of esters is 1. The van der Waals surface area contributed by atoms with Crippen LogP contribution in [-0.2, 0) is 14.3 Å². The van der Waals surface area contributed by atoms with Gasteiger partial charge in [0.1, 0.15) is 0 Å². The van der Waals surface area contributed by atoms with Gasteiger partial charge in [-0.05, 0) is 6.42 Å². The van der Waals surface area contributed by atoms with E-state index < -0.39 is 0 Å². The fourth-order valence-electron chi connectivity index (χ4n) is 1.84. The van der Waals surface area contributed by atoms with E-state index in [9.17, 15) is 4.79 Å².